The second kappa shape index (κ2) is 7.66. The van der Waals surface area contributed by atoms with Crippen molar-refractivity contribution in [2.45, 2.75) is 11.9 Å². The smallest absolute Gasteiger partial charge is 0.243 e. The fraction of sp³-hybridized carbons (Fsp3) is 0.250. The first-order chi connectivity index (χ1) is 11.4. The van der Waals surface area contributed by atoms with E-state index < -0.39 is 0 Å². The summed E-state index contributed by atoms with van der Waals surface area (Å²) in [4.78, 5) is 22.0. The minimum Gasteiger partial charge on any atom is -0.368 e. The van der Waals surface area contributed by atoms with Crippen molar-refractivity contribution in [3.63, 3.8) is 0 Å². The zero-order valence-electron chi connectivity index (χ0n) is 13.7. The van der Waals surface area contributed by atoms with Crippen LogP contribution in [0.4, 0.5) is 17.5 Å². The van der Waals surface area contributed by atoms with Crippen molar-refractivity contribution in [3.05, 3.63) is 35.4 Å². The Bertz CT molecular complexity index is 802. The third-order valence-corrected chi connectivity index (χ3v) is 3.91. The number of anilines is 3. The Morgan fingerprint density at radius 3 is 2.83 bits per heavy atom. The maximum Gasteiger partial charge on any atom is 0.243 e. The lowest BCUT2D eigenvalue weighted by molar-refractivity contribution is -0.114. The number of nitrogen functional groups attached to an aromatic ring is 1. The van der Waals surface area contributed by atoms with Crippen LogP contribution in [0.3, 0.4) is 0 Å². The molecule has 1 amide bonds. The van der Waals surface area contributed by atoms with Gasteiger partial charge in [-0.25, -0.2) is 4.98 Å². The van der Waals surface area contributed by atoms with Crippen LogP contribution in [-0.2, 0) is 4.79 Å². The minimum absolute atomic E-state index is 0.0346. The van der Waals surface area contributed by atoms with Gasteiger partial charge in [-0.05, 0) is 30.9 Å². The first-order valence-electron chi connectivity index (χ1n) is 7.14. The van der Waals surface area contributed by atoms with Crippen LogP contribution in [0.1, 0.15) is 11.1 Å². The van der Waals surface area contributed by atoms with Crippen molar-refractivity contribution >= 4 is 35.1 Å². The number of likely N-dealkylation sites (N-methyl/N-ethyl adjacent to an activating group) is 1. The number of benzene rings is 1. The zero-order valence-corrected chi connectivity index (χ0v) is 14.5. The van der Waals surface area contributed by atoms with Gasteiger partial charge in [-0.1, -0.05) is 12.1 Å². The summed E-state index contributed by atoms with van der Waals surface area (Å²) >= 11 is 1.31. The SMILES string of the molecule is CSc1nc(N)nc(N(C)CC(=O)Nc2cccc(C)c2)c1C#N. The second-order valence-electron chi connectivity index (χ2n) is 5.18. The third kappa shape index (κ3) is 4.14. The molecule has 1 aromatic heterocycles. The maximum atomic E-state index is 12.2. The Morgan fingerprint density at radius 2 is 2.21 bits per heavy atom. The van der Waals surface area contributed by atoms with Crippen LogP contribution in [0.2, 0.25) is 0 Å². The average Bonchev–Trinajstić information content (AvgIpc) is 2.53. The molecule has 0 saturated heterocycles. The number of nitrogens with two attached hydrogens (primary N) is 1. The average molecular weight is 342 g/mol. The van der Waals surface area contributed by atoms with E-state index in [9.17, 15) is 10.1 Å². The molecule has 124 valence electrons. The van der Waals surface area contributed by atoms with Crippen molar-refractivity contribution in [1.82, 2.24) is 9.97 Å². The van der Waals surface area contributed by atoms with Crippen molar-refractivity contribution < 1.29 is 4.79 Å². The van der Waals surface area contributed by atoms with Crippen molar-refractivity contribution in [2.75, 3.05) is 35.8 Å². The van der Waals surface area contributed by atoms with E-state index in [1.807, 2.05) is 31.2 Å². The van der Waals surface area contributed by atoms with E-state index in [0.29, 0.717) is 16.4 Å². The highest BCUT2D eigenvalue weighted by atomic mass is 32.2. The number of amides is 1. The molecule has 0 atom stereocenters. The number of carbonyl (C=O) groups is 1. The number of nitrogens with zero attached hydrogens (tertiary/aromatic N) is 4. The Balaban J connectivity index is 2.17. The number of nitriles is 1. The summed E-state index contributed by atoms with van der Waals surface area (Å²) < 4.78 is 0. The van der Waals surface area contributed by atoms with Gasteiger partial charge in [0.2, 0.25) is 11.9 Å². The van der Waals surface area contributed by atoms with E-state index in [2.05, 4.69) is 21.4 Å². The van der Waals surface area contributed by atoms with Gasteiger partial charge in [0.25, 0.3) is 0 Å². The number of hydrogen-bond acceptors (Lipinski definition) is 7. The first-order valence-corrected chi connectivity index (χ1v) is 8.36. The molecule has 0 aliphatic rings. The normalized spacial score (nSPS) is 10.1. The Morgan fingerprint density at radius 1 is 1.46 bits per heavy atom. The van der Waals surface area contributed by atoms with E-state index >= 15 is 0 Å². The molecule has 7 nitrogen and oxygen atoms in total. The second-order valence-corrected chi connectivity index (χ2v) is 5.97. The van der Waals surface area contributed by atoms with Crippen LogP contribution < -0.4 is 16.0 Å². The van der Waals surface area contributed by atoms with E-state index in [4.69, 9.17) is 5.73 Å². The Kier molecular flexibility index (Phi) is 5.60. The molecule has 0 aliphatic carbocycles. The quantitative estimate of drug-likeness (QED) is 0.632. The predicted molar refractivity (Wildman–Crippen MR) is 96.0 cm³/mol. The molecule has 0 unspecified atom stereocenters. The predicted octanol–water partition coefficient (Wildman–Crippen LogP) is 2.04. The molecule has 2 aromatic rings. The largest absolute Gasteiger partial charge is 0.368 e. The molecule has 0 bridgehead atoms. The number of thioether (sulfide) groups is 1. The maximum absolute atomic E-state index is 12.2. The van der Waals surface area contributed by atoms with Gasteiger partial charge in [0, 0.05) is 12.7 Å². The molecule has 0 saturated carbocycles. The van der Waals surface area contributed by atoms with Crippen LogP contribution >= 0.6 is 11.8 Å². The standard InChI is InChI=1S/C16H18N6OS/c1-10-5-4-6-11(7-10)19-13(23)9-22(2)14-12(8-17)15(24-3)21-16(18)20-14/h4-7H,9H2,1-3H3,(H,19,23)(H2,18,20,21). The van der Waals surface area contributed by atoms with Gasteiger partial charge in [0.15, 0.2) is 5.82 Å². The molecule has 0 radical (unpaired) electrons. The van der Waals surface area contributed by atoms with E-state index in [-0.39, 0.29) is 18.4 Å². The number of hydrogen-bond donors (Lipinski definition) is 2. The molecule has 1 aromatic carbocycles. The summed E-state index contributed by atoms with van der Waals surface area (Å²) in [6.45, 7) is 1.99. The van der Waals surface area contributed by atoms with Gasteiger partial charge in [0.05, 0.1) is 6.54 Å². The van der Waals surface area contributed by atoms with Gasteiger partial charge in [-0.15, -0.1) is 11.8 Å². The molecule has 3 N–H and O–H groups in total. The number of aryl methyl sites for hydroxylation is 1. The molecule has 8 heteroatoms. The van der Waals surface area contributed by atoms with Gasteiger partial charge < -0.3 is 16.0 Å². The van der Waals surface area contributed by atoms with Crippen molar-refractivity contribution in [2.24, 2.45) is 0 Å². The van der Waals surface area contributed by atoms with Gasteiger partial charge in [-0.2, -0.15) is 10.2 Å². The summed E-state index contributed by atoms with van der Waals surface area (Å²) in [5.74, 6) is 0.197. The molecule has 0 fully saturated rings. The lowest BCUT2D eigenvalue weighted by Crippen LogP contribution is -2.31. The highest BCUT2D eigenvalue weighted by Crippen LogP contribution is 2.26. The summed E-state index contributed by atoms with van der Waals surface area (Å²) in [5.41, 5.74) is 7.78. The molecule has 0 spiro atoms. The lowest BCUT2D eigenvalue weighted by Gasteiger charge is -2.20. The molecular formula is C16H18N6OS. The highest BCUT2D eigenvalue weighted by molar-refractivity contribution is 7.98. The van der Waals surface area contributed by atoms with Crippen molar-refractivity contribution in [3.8, 4) is 6.07 Å². The number of nitrogens with one attached hydrogen (secondary N) is 1. The van der Waals surface area contributed by atoms with Crippen LogP contribution in [-0.4, -0.2) is 35.7 Å². The summed E-state index contributed by atoms with van der Waals surface area (Å²) in [7, 11) is 1.68. The summed E-state index contributed by atoms with van der Waals surface area (Å²) in [6.07, 6.45) is 1.80. The topological polar surface area (TPSA) is 108 Å². The van der Waals surface area contributed by atoms with E-state index in [0.717, 1.165) is 11.3 Å². The molecular weight excluding hydrogens is 324 g/mol. The molecule has 24 heavy (non-hydrogen) atoms. The van der Waals surface area contributed by atoms with Crippen molar-refractivity contribution in [1.29, 1.82) is 5.26 Å². The third-order valence-electron chi connectivity index (χ3n) is 3.22. The van der Waals surface area contributed by atoms with Gasteiger partial charge >= 0.3 is 0 Å². The summed E-state index contributed by atoms with van der Waals surface area (Å²) in [6, 6.07) is 9.61. The Hall–Kier alpha value is -2.79. The fourth-order valence-electron chi connectivity index (χ4n) is 2.18. The molecule has 2 rings (SSSR count). The van der Waals surface area contributed by atoms with Gasteiger partial charge in [-0.3, -0.25) is 4.79 Å². The monoisotopic (exact) mass is 342 g/mol. The molecule has 0 aliphatic heterocycles. The zero-order chi connectivity index (χ0) is 17.7. The highest BCUT2D eigenvalue weighted by Gasteiger charge is 2.18. The molecule has 1 heterocycles. The lowest BCUT2D eigenvalue weighted by atomic mass is 10.2. The fourth-order valence-corrected chi connectivity index (χ4v) is 2.71. The van der Waals surface area contributed by atoms with E-state index in [1.54, 1.807) is 18.2 Å². The van der Waals surface area contributed by atoms with Crippen LogP contribution in [0, 0.1) is 18.3 Å². The summed E-state index contributed by atoms with van der Waals surface area (Å²) in [5, 5.41) is 12.7. The van der Waals surface area contributed by atoms with Crippen LogP contribution in [0.5, 0.6) is 0 Å². The minimum atomic E-state index is -0.213. The first kappa shape index (κ1) is 17.6. The number of aromatic nitrogens is 2. The van der Waals surface area contributed by atoms with Crippen LogP contribution in [0.25, 0.3) is 0 Å². The Labute approximate surface area is 144 Å². The number of rotatable bonds is 5. The van der Waals surface area contributed by atoms with Gasteiger partial charge in [0.1, 0.15) is 16.7 Å². The number of carbonyl (C=O) groups excluding carboxylic acids is 1. The van der Waals surface area contributed by atoms with E-state index in [1.165, 1.54) is 11.8 Å². The van der Waals surface area contributed by atoms with Crippen LogP contribution in [0.15, 0.2) is 29.3 Å².